The quantitative estimate of drug-likeness (QED) is 0.315. The monoisotopic (exact) mass is 327 g/mol. The summed E-state index contributed by atoms with van der Waals surface area (Å²) < 4.78 is 0. The molecule has 4 heteroatoms. The summed E-state index contributed by atoms with van der Waals surface area (Å²) in [5, 5.41) is 24.1. The van der Waals surface area contributed by atoms with Crippen molar-refractivity contribution < 1.29 is 5.11 Å². The molecule has 0 bridgehead atoms. The molecule has 24 heavy (non-hydrogen) atoms. The van der Waals surface area contributed by atoms with Crippen molar-refractivity contribution in [3.8, 4) is 5.75 Å². The van der Waals surface area contributed by atoms with Gasteiger partial charge in [0.05, 0.1) is 17.1 Å². The predicted octanol–water partition coefficient (Wildman–Crippen LogP) is 4.72. The number of rotatable bonds is 0. The summed E-state index contributed by atoms with van der Waals surface area (Å²) in [6.07, 6.45) is 6.70. The number of benzene rings is 1. The lowest BCUT2D eigenvalue weighted by molar-refractivity contribution is 0.447. The zero-order chi connectivity index (χ0) is 18.7. The van der Waals surface area contributed by atoms with Crippen molar-refractivity contribution in [2.45, 2.75) is 52.4 Å². The van der Waals surface area contributed by atoms with Gasteiger partial charge in [0.15, 0.2) is 0 Å². The van der Waals surface area contributed by atoms with Gasteiger partial charge in [-0.3, -0.25) is 10.8 Å². The molecule has 0 aliphatic heterocycles. The molecule has 1 aromatic rings. The first-order chi connectivity index (χ1) is 10.8. The Balaban J connectivity index is 0.000000300. The standard InChI is InChI=1S/C14H23NO.C6H6N2/c1-13(2,3)9-7-10(14(4,5)6)12(16)11(15)8-9;7-5-3-1-2-4-6(5)8/h7-8,16H,15H2,1-6H3;1-4,7-8H. The van der Waals surface area contributed by atoms with Crippen LogP contribution in [0.15, 0.2) is 36.4 Å². The highest BCUT2D eigenvalue weighted by Crippen LogP contribution is 2.38. The molecule has 4 nitrogen and oxygen atoms in total. The highest BCUT2D eigenvalue weighted by atomic mass is 16.3. The minimum absolute atomic E-state index is 0.0435. The van der Waals surface area contributed by atoms with E-state index in [9.17, 15) is 5.11 Å². The summed E-state index contributed by atoms with van der Waals surface area (Å²) in [6, 6.07) is 3.93. The second-order valence-corrected chi connectivity index (χ2v) is 8.01. The third-order valence-corrected chi connectivity index (χ3v) is 3.74. The number of anilines is 1. The van der Waals surface area contributed by atoms with Gasteiger partial charge in [-0.15, -0.1) is 0 Å². The van der Waals surface area contributed by atoms with Gasteiger partial charge in [-0.2, -0.15) is 0 Å². The summed E-state index contributed by atoms with van der Waals surface area (Å²) in [4.78, 5) is 0. The van der Waals surface area contributed by atoms with Gasteiger partial charge >= 0.3 is 0 Å². The van der Waals surface area contributed by atoms with Crippen LogP contribution < -0.4 is 5.73 Å². The van der Waals surface area contributed by atoms with E-state index >= 15 is 0 Å². The van der Waals surface area contributed by atoms with E-state index in [1.165, 1.54) is 0 Å². The maximum absolute atomic E-state index is 10.00. The third-order valence-electron chi connectivity index (χ3n) is 3.74. The lowest BCUT2D eigenvalue weighted by Gasteiger charge is -2.26. The Morgan fingerprint density at radius 3 is 1.62 bits per heavy atom. The van der Waals surface area contributed by atoms with E-state index in [4.69, 9.17) is 16.6 Å². The van der Waals surface area contributed by atoms with Gasteiger partial charge in [0.1, 0.15) is 5.75 Å². The lowest BCUT2D eigenvalue weighted by Crippen LogP contribution is -2.17. The maximum Gasteiger partial charge on any atom is 0.142 e. The van der Waals surface area contributed by atoms with Crippen molar-refractivity contribution in [1.29, 1.82) is 10.8 Å². The molecular weight excluding hydrogens is 298 g/mol. The van der Waals surface area contributed by atoms with Crippen LogP contribution in [0.25, 0.3) is 0 Å². The van der Waals surface area contributed by atoms with Crippen LogP contribution >= 0.6 is 0 Å². The average Bonchev–Trinajstić information content (AvgIpc) is 2.43. The van der Waals surface area contributed by atoms with E-state index in [0.29, 0.717) is 5.69 Å². The van der Waals surface area contributed by atoms with Crippen LogP contribution in [0.3, 0.4) is 0 Å². The van der Waals surface area contributed by atoms with E-state index in [2.05, 4.69) is 47.6 Å². The minimum Gasteiger partial charge on any atom is -0.505 e. The topological polar surface area (TPSA) is 93.9 Å². The Labute approximate surface area is 145 Å². The first-order valence-corrected chi connectivity index (χ1v) is 7.99. The number of hydrogen-bond donors (Lipinski definition) is 4. The number of nitrogens with one attached hydrogen (secondary N) is 2. The molecule has 0 spiro atoms. The van der Waals surface area contributed by atoms with E-state index in [1.54, 1.807) is 24.3 Å². The fourth-order valence-electron chi connectivity index (χ4n) is 2.14. The zero-order valence-corrected chi connectivity index (χ0v) is 15.5. The molecule has 1 aliphatic carbocycles. The fraction of sp³-hybridized carbons (Fsp3) is 0.400. The molecule has 0 atom stereocenters. The minimum atomic E-state index is -0.0978. The molecule has 0 aromatic heterocycles. The van der Waals surface area contributed by atoms with Crippen molar-refractivity contribution >= 4 is 17.1 Å². The number of phenolic OH excluding ortho intramolecular Hbond substituents is 1. The molecular formula is C20H29N3O. The van der Waals surface area contributed by atoms with E-state index in [0.717, 1.165) is 11.1 Å². The molecule has 2 rings (SSSR count). The summed E-state index contributed by atoms with van der Waals surface area (Å²) in [5.41, 5.74) is 8.92. The smallest absolute Gasteiger partial charge is 0.142 e. The molecule has 0 unspecified atom stereocenters. The van der Waals surface area contributed by atoms with Crippen LogP contribution in [-0.4, -0.2) is 16.5 Å². The Morgan fingerprint density at radius 1 is 0.833 bits per heavy atom. The van der Waals surface area contributed by atoms with Crippen LogP contribution in [0, 0.1) is 10.8 Å². The van der Waals surface area contributed by atoms with Crippen molar-refractivity contribution in [3.05, 3.63) is 47.6 Å². The number of hydrogen-bond acceptors (Lipinski definition) is 4. The Morgan fingerprint density at radius 2 is 1.29 bits per heavy atom. The van der Waals surface area contributed by atoms with Crippen LogP contribution in [0.2, 0.25) is 0 Å². The number of nitrogen functional groups attached to an aromatic ring is 1. The maximum atomic E-state index is 10.00. The van der Waals surface area contributed by atoms with Crippen LogP contribution in [0.1, 0.15) is 52.7 Å². The zero-order valence-electron chi connectivity index (χ0n) is 15.5. The fourth-order valence-corrected chi connectivity index (χ4v) is 2.14. The van der Waals surface area contributed by atoms with Gasteiger partial charge in [-0.25, -0.2) is 0 Å². The average molecular weight is 327 g/mol. The van der Waals surface area contributed by atoms with Crippen LogP contribution in [0.5, 0.6) is 5.75 Å². The molecule has 0 fully saturated rings. The normalized spacial score (nSPS) is 14.4. The van der Waals surface area contributed by atoms with Crippen molar-refractivity contribution in [2.24, 2.45) is 0 Å². The first-order valence-electron chi connectivity index (χ1n) is 7.99. The van der Waals surface area contributed by atoms with Gasteiger partial charge in [0.25, 0.3) is 0 Å². The molecule has 0 saturated carbocycles. The van der Waals surface area contributed by atoms with Crippen LogP contribution in [0.4, 0.5) is 5.69 Å². The molecule has 130 valence electrons. The third kappa shape index (κ3) is 5.08. The lowest BCUT2D eigenvalue weighted by atomic mass is 9.80. The summed E-state index contributed by atoms with van der Waals surface area (Å²) in [5.74, 6) is 0.223. The van der Waals surface area contributed by atoms with Gasteiger partial charge in [0, 0.05) is 5.56 Å². The van der Waals surface area contributed by atoms with Gasteiger partial charge < -0.3 is 10.8 Å². The van der Waals surface area contributed by atoms with Gasteiger partial charge in [-0.1, -0.05) is 59.8 Å². The molecule has 1 aromatic carbocycles. The number of aromatic hydroxyl groups is 1. The molecule has 0 radical (unpaired) electrons. The highest BCUT2D eigenvalue weighted by molar-refractivity contribution is 6.48. The van der Waals surface area contributed by atoms with E-state index in [1.807, 2.05) is 6.07 Å². The molecule has 0 heterocycles. The molecule has 0 amide bonds. The van der Waals surface area contributed by atoms with Crippen molar-refractivity contribution in [3.63, 3.8) is 0 Å². The second-order valence-electron chi connectivity index (χ2n) is 8.01. The largest absolute Gasteiger partial charge is 0.505 e. The summed E-state index contributed by atoms with van der Waals surface area (Å²) in [6.45, 7) is 12.7. The Hall–Kier alpha value is -2.36. The Kier molecular flexibility index (Phi) is 5.77. The number of phenols is 1. The Bertz CT molecular complexity index is 677. The van der Waals surface area contributed by atoms with Crippen molar-refractivity contribution in [1.82, 2.24) is 0 Å². The predicted molar refractivity (Wildman–Crippen MR) is 104 cm³/mol. The van der Waals surface area contributed by atoms with Crippen LogP contribution in [-0.2, 0) is 10.8 Å². The first kappa shape index (κ1) is 19.7. The second kappa shape index (κ2) is 7.04. The van der Waals surface area contributed by atoms with E-state index < -0.39 is 0 Å². The molecule has 0 saturated heterocycles. The number of allylic oxidation sites excluding steroid dienone is 4. The number of nitrogens with two attached hydrogens (primary N) is 1. The van der Waals surface area contributed by atoms with Crippen molar-refractivity contribution in [2.75, 3.05) is 5.73 Å². The molecule has 1 aliphatic rings. The molecule has 5 N–H and O–H groups in total. The van der Waals surface area contributed by atoms with Gasteiger partial charge in [-0.05, 0) is 34.6 Å². The summed E-state index contributed by atoms with van der Waals surface area (Å²) in [7, 11) is 0. The SMILES string of the molecule is CC(C)(C)c1cc(N)c(O)c(C(C)(C)C)c1.N=C1C=CC=CC1=N. The highest BCUT2D eigenvalue weighted by Gasteiger charge is 2.23. The van der Waals surface area contributed by atoms with Gasteiger partial charge in [0.2, 0.25) is 0 Å². The van der Waals surface area contributed by atoms with E-state index in [-0.39, 0.29) is 28.0 Å². The summed E-state index contributed by atoms with van der Waals surface area (Å²) >= 11 is 0.